The molecule has 2 aromatic rings. The Morgan fingerprint density at radius 3 is 2.75 bits per heavy atom. The fourth-order valence-electron chi connectivity index (χ4n) is 4.93. The van der Waals surface area contributed by atoms with Crippen LogP contribution in [-0.2, 0) is 22.6 Å². The number of nitrogens with zero attached hydrogens (tertiary/aromatic N) is 5. The molecule has 5 rings (SSSR count). The first-order valence-corrected chi connectivity index (χ1v) is 12.5. The fraction of sp³-hybridized carbons (Fsp3) is 0.565. The van der Waals surface area contributed by atoms with Gasteiger partial charge >= 0.3 is 0 Å². The number of carbonyl (C=O) groups is 2. The number of benzene rings is 1. The van der Waals surface area contributed by atoms with Crippen molar-refractivity contribution in [2.75, 3.05) is 42.5 Å². The lowest BCUT2D eigenvalue weighted by Gasteiger charge is -2.28. The molecule has 0 spiro atoms. The molecule has 32 heavy (non-hydrogen) atoms. The minimum Gasteiger partial charge on any atom is -0.354 e. The third-order valence-electron chi connectivity index (χ3n) is 6.67. The second-order valence-electron chi connectivity index (χ2n) is 8.81. The number of anilines is 2. The van der Waals surface area contributed by atoms with Crippen LogP contribution in [0.2, 0.25) is 0 Å². The highest BCUT2D eigenvalue weighted by atomic mass is 32.1. The summed E-state index contributed by atoms with van der Waals surface area (Å²) in [5.74, 6) is 0.182. The first kappa shape index (κ1) is 21.3. The zero-order valence-electron chi connectivity index (χ0n) is 18.3. The molecule has 9 heteroatoms. The first-order chi connectivity index (χ1) is 15.7. The summed E-state index contributed by atoms with van der Waals surface area (Å²) in [6.07, 6.45) is 5.28. The van der Waals surface area contributed by atoms with Crippen LogP contribution in [0.15, 0.2) is 24.3 Å². The van der Waals surface area contributed by atoms with Crippen molar-refractivity contribution in [1.82, 2.24) is 20.4 Å². The van der Waals surface area contributed by atoms with Crippen molar-refractivity contribution in [3.63, 3.8) is 0 Å². The molecule has 2 amide bonds. The number of fused-ring (bicyclic) bond motifs is 1. The maximum absolute atomic E-state index is 12.9. The molecule has 4 heterocycles. The number of amides is 2. The molecule has 0 aliphatic carbocycles. The predicted molar refractivity (Wildman–Crippen MR) is 125 cm³/mol. The third-order valence-corrected chi connectivity index (χ3v) is 7.65. The van der Waals surface area contributed by atoms with Gasteiger partial charge in [-0.1, -0.05) is 35.6 Å². The highest BCUT2D eigenvalue weighted by Gasteiger charge is 2.34. The lowest BCUT2D eigenvalue weighted by atomic mass is 10.00. The summed E-state index contributed by atoms with van der Waals surface area (Å²) in [4.78, 5) is 31.1. The number of aromatic nitrogens is 2. The summed E-state index contributed by atoms with van der Waals surface area (Å²) in [5.41, 5.74) is 2.89. The molecule has 1 atom stereocenters. The summed E-state index contributed by atoms with van der Waals surface area (Å²) in [6, 6.07) is 8.47. The average Bonchev–Trinajstić information content (AvgIpc) is 3.56. The smallest absolute Gasteiger partial charge is 0.242 e. The molecule has 2 fully saturated rings. The van der Waals surface area contributed by atoms with Crippen molar-refractivity contribution in [1.29, 1.82) is 0 Å². The Kier molecular flexibility index (Phi) is 6.36. The Morgan fingerprint density at radius 1 is 1.06 bits per heavy atom. The van der Waals surface area contributed by atoms with Gasteiger partial charge in [-0.3, -0.25) is 19.4 Å². The van der Waals surface area contributed by atoms with Gasteiger partial charge in [0.05, 0.1) is 0 Å². The molecule has 1 aromatic heterocycles. The minimum atomic E-state index is -0.202. The zero-order valence-corrected chi connectivity index (χ0v) is 19.1. The van der Waals surface area contributed by atoms with Crippen molar-refractivity contribution >= 4 is 33.4 Å². The highest BCUT2D eigenvalue weighted by Crippen LogP contribution is 2.33. The monoisotopic (exact) mass is 454 g/mol. The molecule has 1 aromatic carbocycles. The normalized spacial score (nSPS) is 21.2. The van der Waals surface area contributed by atoms with Crippen molar-refractivity contribution < 1.29 is 9.59 Å². The Bertz CT molecular complexity index is 979. The molecule has 1 N–H and O–H groups in total. The highest BCUT2D eigenvalue weighted by molar-refractivity contribution is 7.19. The Balaban J connectivity index is 1.10. The van der Waals surface area contributed by atoms with Crippen LogP contribution in [0.5, 0.6) is 0 Å². The van der Waals surface area contributed by atoms with E-state index in [2.05, 4.69) is 49.6 Å². The fourth-order valence-corrected chi connectivity index (χ4v) is 5.89. The molecular formula is C23H30N6O2S. The van der Waals surface area contributed by atoms with E-state index in [1.165, 1.54) is 22.5 Å². The topological polar surface area (TPSA) is 81.7 Å². The Morgan fingerprint density at radius 2 is 1.91 bits per heavy atom. The van der Waals surface area contributed by atoms with E-state index < -0.39 is 0 Å². The molecule has 3 aliphatic heterocycles. The van der Waals surface area contributed by atoms with Crippen LogP contribution in [0.1, 0.15) is 43.2 Å². The summed E-state index contributed by atoms with van der Waals surface area (Å²) in [5, 5.41) is 13.1. The summed E-state index contributed by atoms with van der Waals surface area (Å²) >= 11 is 1.42. The molecule has 0 bridgehead atoms. The van der Waals surface area contributed by atoms with Crippen molar-refractivity contribution in [2.45, 2.75) is 51.1 Å². The molecule has 8 nitrogen and oxygen atoms in total. The SMILES string of the molecule is O=C(NCCCN1CCc2ccccc2C1)[C@@H]1CCCN1c1nnc(N2CCCC2=O)s1. The van der Waals surface area contributed by atoms with E-state index in [9.17, 15) is 9.59 Å². The lowest BCUT2D eigenvalue weighted by Crippen LogP contribution is -2.44. The van der Waals surface area contributed by atoms with Gasteiger partial charge < -0.3 is 10.2 Å². The van der Waals surface area contributed by atoms with Gasteiger partial charge in [0, 0.05) is 45.7 Å². The van der Waals surface area contributed by atoms with Crippen LogP contribution in [-0.4, -0.2) is 65.7 Å². The van der Waals surface area contributed by atoms with Crippen LogP contribution < -0.4 is 15.1 Å². The summed E-state index contributed by atoms with van der Waals surface area (Å²) in [6.45, 7) is 5.27. The van der Waals surface area contributed by atoms with Gasteiger partial charge in [-0.2, -0.15) is 0 Å². The molecule has 170 valence electrons. The van der Waals surface area contributed by atoms with Gasteiger partial charge in [-0.15, -0.1) is 10.2 Å². The van der Waals surface area contributed by atoms with Gasteiger partial charge in [-0.05, 0) is 43.2 Å². The van der Waals surface area contributed by atoms with Crippen LogP contribution in [0.25, 0.3) is 0 Å². The van der Waals surface area contributed by atoms with Gasteiger partial charge in [0.1, 0.15) is 6.04 Å². The predicted octanol–water partition coefficient (Wildman–Crippen LogP) is 2.20. The Hall–Kier alpha value is -2.52. The zero-order chi connectivity index (χ0) is 21.9. The van der Waals surface area contributed by atoms with Gasteiger partial charge in [0.15, 0.2) is 0 Å². The van der Waals surface area contributed by atoms with E-state index in [-0.39, 0.29) is 17.9 Å². The molecule has 3 aliphatic rings. The molecule has 0 unspecified atom stereocenters. The Labute approximate surface area is 192 Å². The maximum Gasteiger partial charge on any atom is 0.242 e. The molecular weight excluding hydrogens is 424 g/mol. The summed E-state index contributed by atoms with van der Waals surface area (Å²) in [7, 11) is 0. The van der Waals surface area contributed by atoms with Crippen molar-refractivity contribution in [3.05, 3.63) is 35.4 Å². The van der Waals surface area contributed by atoms with E-state index >= 15 is 0 Å². The number of hydrogen-bond donors (Lipinski definition) is 1. The van der Waals surface area contributed by atoms with Crippen LogP contribution in [0, 0.1) is 0 Å². The van der Waals surface area contributed by atoms with Crippen LogP contribution in [0.3, 0.4) is 0 Å². The second-order valence-corrected chi connectivity index (χ2v) is 9.74. The lowest BCUT2D eigenvalue weighted by molar-refractivity contribution is -0.122. The quantitative estimate of drug-likeness (QED) is 0.646. The van der Waals surface area contributed by atoms with E-state index in [0.29, 0.717) is 24.6 Å². The number of rotatable bonds is 7. The number of carbonyl (C=O) groups excluding carboxylic acids is 2. The molecule has 2 saturated heterocycles. The molecule has 0 saturated carbocycles. The third kappa shape index (κ3) is 4.49. The average molecular weight is 455 g/mol. The van der Waals surface area contributed by atoms with Gasteiger partial charge in [0.2, 0.25) is 22.1 Å². The first-order valence-electron chi connectivity index (χ1n) is 11.7. The molecule has 0 radical (unpaired) electrons. The van der Waals surface area contributed by atoms with Crippen LogP contribution >= 0.6 is 11.3 Å². The van der Waals surface area contributed by atoms with E-state index in [1.54, 1.807) is 4.90 Å². The minimum absolute atomic E-state index is 0.0699. The number of hydrogen-bond acceptors (Lipinski definition) is 7. The van der Waals surface area contributed by atoms with Crippen molar-refractivity contribution in [2.24, 2.45) is 0 Å². The van der Waals surface area contributed by atoms with E-state index in [4.69, 9.17) is 0 Å². The summed E-state index contributed by atoms with van der Waals surface area (Å²) < 4.78 is 0. The van der Waals surface area contributed by atoms with Gasteiger partial charge in [0.25, 0.3) is 0 Å². The maximum atomic E-state index is 12.9. The van der Waals surface area contributed by atoms with Gasteiger partial charge in [-0.25, -0.2) is 0 Å². The second kappa shape index (κ2) is 9.54. The standard InChI is InChI=1S/C23H30N6O2S/c30-20-9-4-14-29(20)23-26-25-22(32-23)28-13-3-8-19(28)21(31)24-11-5-12-27-15-10-17-6-1-2-7-18(17)16-27/h1-2,6-7,19H,3-5,8-16H2,(H,24,31)/t19-/m0/s1. The number of nitrogens with one attached hydrogen (secondary N) is 1. The van der Waals surface area contributed by atoms with E-state index in [0.717, 1.165) is 63.4 Å². The largest absolute Gasteiger partial charge is 0.354 e. The van der Waals surface area contributed by atoms with Crippen LogP contribution in [0.4, 0.5) is 10.3 Å². The van der Waals surface area contributed by atoms with E-state index in [1.807, 2.05) is 0 Å². The van der Waals surface area contributed by atoms with Crippen molar-refractivity contribution in [3.8, 4) is 0 Å².